The lowest BCUT2D eigenvalue weighted by molar-refractivity contribution is -0.136. The zero-order chi connectivity index (χ0) is 12.7. The number of aryl methyl sites for hydroxylation is 1. The summed E-state index contributed by atoms with van der Waals surface area (Å²) in [5.41, 5.74) is 1.07. The Morgan fingerprint density at radius 3 is 2.82 bits per heavy atom. The molecule has 0 bridgehead atoms. The van der Waals surface area contributed by atoms with Gasteiger partial charge in [-0.2, -0.15) is 0 Å². The number of benzene rings is 1. The van der Waals surface area contributed by atoms with Crippen LogP contribution in [0.15, 0.2) is 24.3 Å². The van der Waals surface area contributed by atoms with Crippen molar-refractivity contribution >= 4 is 12.1 Å². The van der Waals surface area contributed by atoms with Crippen molar-refractivity contribution in [1.29, 1.82) is 0 Å². The molecular formula is C12H15NO4. The van der Waals surface area contributed by atoms with Gasteiger partial charge in [0.05, 0.1) is 6.42 Å². The normalized spacial score (nSPS) is 9.71. The molecule has 0 saturated heterocycles. The highest BCUT2D eigenvalue weighted by Crippen LogP contribution is 2.13. The zero-order valence-electron chi connectivity index (χ0n) is 9.60. The van der Waals surface area contributed by atoms with Gasteiger partial charge in [0.25, 0.3) is 0 Å². The molecule has 1 amide bonds. The van der Waals surface area contributed by atoms with Crippen LogP contribution in [-0.4, -0.2) is 23.7 Å². The summed E-state index contributed by atoms with van der Waals surface area (Å²) in [6.07, 6.45) is 0.0987. The molecule has 1 aromatic rings. The first-order valence-electron chi connectivity index (χ1n) is 5.38. The third-order valence-corrected chi connectivity index (χ3v) is 2.13. The summed E-state index contributed by atoms with van der Waals surface area (Å²) >= 11 is 0. The van der Waals surface area contributed by atoms with E-state index in [1.807, 2.05) is 13.0 Å². The molecule has 0 spiro atoms. The number of carbonyl (C=O) groups is 2. The van der Waals surface area contributed by atoms with Gasteiger partial charge in [0, 0.05) is 6.54 Å². The average molecular weight is 237 g/mol. The Balaban J connectivity index is 2.42. The zero-order valence-corrected chi connectivity index (χ0v) is 9.60. The Morgan fingerprint density at radius 1 is 1.41 bits per heavy atom. The number of nitrogens with one attached hydrogen (secondary N) is 1. The minimum atomic E-state index is -0.960. The minimum Gasteiger partial charge on any atom is -0.481 e. The van der Waals surface area contributed by atoms with E-state index in [1.54, 1.807) is 18.2 Å². The Bertz CT molecular complexity index is 403. The van der Waals surface area contributed by atoms with Gasteiger partial charge in [-0.15, -0.1) is 0 Å². The summed E-state index contributed by atoms with van der Waals surface area (Å²) in [6.45, 7) is 2.06. The van der Waals surface area contributed by atoms with E-state index in [0.717, 1.165) is 12.0 Å². The maximum absolute atomic E-state index is 11.3. The van der Waals surface area contributed by atoms with Gasteiger partial charge in [-0.05, 0) is 24.1 Å². The fourth-order valence-corrected chi connectivity index (χ4v) is 1.24. The van der Waals surface area contributed by atoms with Crippen molar-refractivity contribution in [2.75, 3.05) is 6.54 Å². The first-order chi connectivity index (χ1) is 8.11. The molecule has 1 rings (SSSR count). The molecule has 5 heteroatoms. The van der Waals surface area contributed by atoms with E-state index in [-0.39, 0.29) is 13.0 Å². The third kappa shape index (κ3) is 5.01. The van der Waals surface area contributed by atoms with Crippen LogP contribution >= 0.6 is 0 Å². The molecule has 0 saturated carbocycles. The molecule has 0 heterocycles. The van der Waals surface area contributed by atoms with Crippen LogP contribution < -0.4 is 10.1 Å². The number of carbonyl (C=O) groups excluding carboxylic acids is 1. The molecule has 1 aromatic carbocycles. The Labute approximate surface area is 99.4 Å². The first-order valence-corrected chi connectivity index (χ1v) is 5.38. The Kier molecular flexibility index (Phi) is 5.00. The number of hydrogen-bond donors (Lipinski definition) is 2. The molecule has 0 radical (unpaired) electrons. The summed E-state index contributed by atoms with van der Waals surface area (Å²) in [5, 5.41) is 10.8. The van der Waals surface area contributed by atoms with Crippen LogP contribution in [0, 0.1) is 0 Å². The summed E-state index contributed by atoms with van der Waals surface area (Å²) in [7, 11) is 0. The summed E-state index contributed by atoms with van der Waals surface area (Å²) in [6, 6.07) is 7.20. The number of ether oxygens (including phenoxy) is 1. The SMILES string of the molecule is CCc1cccc(OC(=O)NCCC(=O)O)c1. The van der Waals surface area contributed by atoms with Crippen molar-refractivity contribution in [2.24, 2.45) is 0 Å². The summed E-state index contributed by atoms with van der Waals surface area (Å²) in [5.74, 6) is -0.504. The lowest BCUT2D eigenvalue weighted by Gasteiger charge is -2.06. The molecular weight excluding hydrogens is 222 g/mol. The van der Waals surface area contributed by atoms with Crippen LogP contribution in [0.25, 0.3) is 0 Å². The molecule has 17 heavy (non-hydrogen) atoms. The van der Waals surface area contributed by atoms with Crippen molar-refractivity contribution in [3.05, 3.63) is 29.8 Å². The molecule has 5 nitrogen and oxygen atoms in total. The highest BCUT2D eigenvalue weighted by Gasteiger charge is 2.05. The van der Waals surface area contributed by atoms with Gasteiger partial charge in [0.15, 0.2) is 0 Å². The molecule has 0 aliphatic heterocycles. The van der Waals surface area contributed by atoms with E-state index in [9.17, 15) is 9.59 Å². The van der Waals surface area contributed by atoms with E-state index < -0.39 is 12.1 Å². The topological polar surface area (TPSA) is 75.6 Å². The van der Waals surface area contributed by atoms with Gasteiger partial charge in [0.2, 0.25) is 0 Å². The molecule has 0 atom stereocenters. The lowest BCUT2D eigenvalue weighted by atomic mass is 10.2. The van der Waals surface area contributed by atoms with Gasteiger partial charge in [0.1, 0.15) is 5.75 Å². The first kappa shape index (κ1) is 13.0. The van der Waals surface area contributed by atoms with Crippen LogP contribution in [0.1, 0.15) is 18.9 Å². The maximum Gasteiger partial charge on any atom is 0.412 e. The van der Waals surface area contributed by atoms with Crippen molar-refractivity contribution in [2.45, 2.75) is 19.8 Å². The monoisotopic (exact) mass is 237 g/mol. The second-order valence-electron chi connectivity index (χ2n) is 3.46. The van der Waals surface area contributed by atoms with Gasteiger partial charge >= 0.3 is 12.1 Å². The number of carboxylic acid groups (broad SMARTS) is 1. The standard InChI is InChI=1S/C12H15NO4/c1-2-9-4-3-5-10(8-9)17-12(16)13-7-6-11(14)15/h3-5,8H,2,6-7H2,1H3,(H,13,16)(H,14,15). The van der Waals surface area contributed by atoms with Crippen LogP contribution in [0.5, 0.6) is 5.75 Å². The molecule has 0 aliphatic carbocycles. The molecule has 92 valence electrons. The van der Waals surface area contributed by atoms with Crippen LogP contribution in [0.2, 0.25) is 0 Å². The quantitative estimate of drug-likeness (QED) is 0.818. The smallest absolute Gasteiger partial charge is 0.412 e. The van der Waals surface area contributed by atoms with E-state index in [4.69, 9.17) is 9.84 Å². The number of carboxylic acids is 1. The van der Waals surface area contributed by atoms with Crippen LogP contribution in [0.4, 0.5) is 4.79 Å². The largest absolute Gasteiger partial charge is 0.481 e. The fraction of sp³-hybridized carbons (Fsp3) is 0.333. The number of aliphatic carboxylic acids is 1. The van der Waals surface area contributed by atoms with Crippen molar-refractivity contribution < 1.29 is 19.4 Å². The van der Waals surface area contributed by atoms with Gasteiger partial charge in [-0.1, -0.05) is 19.1 Å². The molecule has 0 aliphatic rings. The van der Waals surface area contributed by atoms with Crippen molar-refractivity contribution in [3.8, 4) is 5.75 Å². The molecule has 0 aromatic heterocycles. The number of hydrogen-bond acceptors (Lipinski definition) is 3. The molecule has 2 N–H and O–H groups in total. The number of amides is 1. The fourth-order valence-electron chi connectivity index (χ4n) is 1.24. The predicted molar refractivity (Wildman–Crippen MR) is 62.1 cm³/mol. The second kappa shape index (κ2) is 6.52. The minimum absolute atomic E-state index is 0.0572. The van der Waals surface area contributed by atoms with Gasteiger partial charge in [-0.3, -0.25) is 4.79 Å². The van der Waals surface area contributed by atoms with E-state index >= 15 is 0 Å². The Hall–Kier alpha value is -2.04. The van der Waals surface area contributed by atoms with Crippen LogP contribution in [-0.2, 0) is 11.2 Å². The molecule has 0 fully saturated rings. The van der Waals surface area contributed by atoms with Crippen molar-refractivity contribution in [3.63, 3.8) is 0 Å². The lowest BCUT2D eigenvalue weighted by Crippen LogP contribution is -2.28. The highest BCUT2D eigenvalue weighted by molar-refractivity contribution is 5.72. The average Bonchev–Trinajstić information content (AvgIpc) is 2.28. The van der Waals surface area contributed by atoms with E-state index in [0.29, 0.717) is 5.75 Å². The molecule has 0 unspecified atom stereocenters. The second-order valence-corrected chi connectivity index (χ2v) is 3.46. The maximum atomic E-state index is 11.3. The van der Waals surface area contributed by atoms with E-state index in [2.05, 4.69) is 5.32 Å². The van der Waals surface area contributed by atoms with Gasteiger partial charge < -0.3 is 15.2 Å². The van der Waals surface area contributed by atoms with Crippen molar-refractivity contribution in [1.82, 2.24) is 5.32 Å². The Morgan fingerprint density at radius 2 is 2.18 bits per heavy atom. The third-order valence-electron chi connectivity index (χ3n) is 2.13. The predicted octanol–water partition coefficient (Wildman–Crippen LogP) is 1.81. The summed E-state index contributed by atoms with van der Waals surface area (Å²) < 4.78 is 5.00. The highest BCUT2D eigenvalue weighted by atomic mass is 16.6. The van der Waals surface area contributed by atoms with Crippen LogP contribution in [0.3, 0.4) is 0 Å². The number of rotatable bonds is 5. The van der Waals surface area contributed by atoms with Gasteiger partial charge in [-0.25, -0.2) is 4.79 Å². The van der Waals surface area contributed by atoms with E-state index in [1.165, 1.54) is 0 Å². The summed E-state index contributed by atoms with van der Waals surface area (Å²) in [4.78, 5) is 21.5.